The number of benzene rings is 1. The summed E-state index contributed by atoms with van der Waals surface area (Å²) >= 11 is 0. The summed E-state index contributed by atoms with van der Waals surface area (Å²) in [5.41, 5.74) is 1.34. The van der Waals surface area contributed by atoms with E-state index in [4.69, 9.17) is 0 Å². The van der Waals surface area contributed by atoms with Crippen LogP contribution in [0.2, 0.25) is 0 Å². The van der Waals surface area contributed by atoms with Gasteiger partial charge in [-0.25, -0.2) is 30.4 Å². The van der Waals surface area contributed by atoms with Crippen LogP contribution in [0.15, 0.2) is 47.7 Å². The monoisotopic (exact) mass is 505 g/mol. The number of allylic oxidation sites excluding steroid dienone is 1. The maximum atomic E-state index is 14.9. The molecular formula is C21H29F2N3O5S2. The van der Waals surface area contributed by atoms with E-state index in [0.717, 1.165) is 17.4 Å². The zero-order valence-electron chi connectivity index (χ0n) is 19.1. The second-order valence-corrected chi connectivity index (χ2v) is 13.0. The molecule has 0 spiro atoms. The molecule has 33 heavy (non-hydrogen) atoms. The summed E-state index contributed by atoms with van der Waals surface area (Å²) in [6.45, 7) is 6.37. The Bertz CT molecular complexity index is 1190. The van der Waals surface area contributed by atoms with Crippen LogP contribution in [-0.2, 0) is 31.7 Å². The minimum atomic E-state index is -4.39. The lowest BCUT2D eigenvalue weighted by Crippen LogP contribution is -2.58. The molecule has 1 aromatic rings. The van der Waals surface area contributed by atoms with Crippen LogP contribution < -0.4 is 15.4 Å². The highest BCUT2D eigenvalue weighted by Gasteiger charge is 2.50. The van der Waals surface area contributed by atoms with Crippen molar-refractivity contribution in [3.63, 3.8) is 0 Å². The molecule has 8 nitrogen and oxygen atoms in total. The van der Waals surface area contributed by atoms with E-state index in [2.05, 4.69) is 26.1 Å². The number of halogens is 2. The number of hydrogen-bond donors (Lipinski definition) is 3. The summed E-state index contributed by atoms with van der Waals surface area (Å²) in [4.78, 5) is 9.67. The SMILES string of the molecule is CC(C)(C)c1ccc(CCNC(=O)NC2(S(C)(=O)=O)CC(F)=C(NS(C)(=O)=O)C=C2F)cc1. The van der Waals surface area contributed by atoms with E-state index < -0.39 is 54.5 Å². The standard InChI is InChI=1S/C21H29F2N3O5S2/c1-20(2,3)15-8-6-14(7-9-15)10-11-24-19(27)25-21(32(4,28)29)13-16(22)17(12-18(21)23)26-33(5,30)31/h6-9,12,26H,10-11,13H2,1-5H3,(H2,24,25,27). The summed E-state index contributed by atoms with van der Waals surface area (Å²) in [6.07, 6.45) is 1.13. The molecule has 0 saturated carbocycles. The molecule has 0 bridgehead atoms. The van der Waals surface area contributed by atoms with E-state index in [9.17, 15) is 30.4 Å². The van der Waals surface area contributed by atoms with Crippen LogP contribution in [0.1, 0.15) is 38.3 Å². The van der Waals surface area contributed by atoms with Crippen molar-refractivity contribution < 1.29 is 30.4 Å². The van der Waals surface area contributed by atoms with Crippen LogP contribution >= 0.6 is 0 Å². The van der Waals surface area contributed by atoms with Crippen molar-refractivity contribution in [2.45, 2.75) is 43.9 Å². The minimum absolute atomic E-state index is 0.00532. The first-order valence-corrected chi connectivity index (χ1v) is 13.8. The minimum Gasteiger partial charge on any atom is -0.338 e. The average molecular weight is 506 g/mol. The van der Waals surface area contributed by atoms with Crippen molar-refractivity contribution in [1.29, 1.82) is 0 Å². The third-order valence-electron chi connectivity index (χ3n) is 5.12. The van der Waals surface area contributed by atoms with Crippen LogP contribution in [-0.4, -0.2) is 46.8 Å². The molecule has 12 heteroatoms. The summed E-state index contributed by atoms with van der Waals surface area (Å²) in [6, 6.07) is 6.78. The van der Waals surface area contributed by atoms with Gasteiger partial charge in [0.15, 0.2) is 9.84 Å². The molecule has 1 aliphatic rings. The Labute approximate surface area is 193 Å². The largest absolute Gasteiger partial charge is 0.338 e. The second-order valence-electron chi connectivity index (χ2n) is 9.04. The maximum absolute atomic E-state index is 14.9. The van der Waals surface area contributed by atoms with E-state index in [1.807, 2.05) is 29.6 Å². The highest BCUT2D eigenvalue weighted by atomic mass is 32.2. The van der Waals surface area contributed by atoms with Gasteiger partial charge in [0.05, 0.1) is 12.0 Å². The van der Waals surface area contributed by atoms with Crippen LogP contribution in [0.3, 0.4) is 0 Å². The normalized spacial score (nSPS) is 19.7. The van der Waals surface area contributed by atoms with Gasteiger partial charge in [0.25, 0.3) is 0 Å². The third kappa shape index (κ3) is 6.76. The van der Waals surface area contributed by atoms with E-state index in [1.165, 1.54) is 0 Å². The number of carbonyl (C=O) groups excluding carboxylic acids is 1. The fourth-order valence-corrected chi connectivity index (χ4v) is 4.88. The Hall–Kier alpha value is -2.47. The predicted octanol–water partition coefficient (Wildman–Crippen LogP) is 2.55. The molecule has 1 unspecified atom stereocenters. The zero-order chi connectivity index (χ0) is 25.2. The molecular weight excluding hydrogens is 476 g/mol. The van der Waals surface area contributed by atoms with Gasteiger partial charge in [0.1, 0.15) is 11.7 Å². The molecule has 0 saturated heterocycles. The first kappa shape index (κ1) is 26.8. The Morgan fingerprint density at radius 2 is 1.64 bits per heavy atom. The van der Waals surface area contributed by atoms with Crippen molar-refractivity contribution in [2.75, 3.05) is 19.1 Å². The van der Waals surface area contributed by atoms with E-state index >= 15 is 0 Å². The Morgan fingerprint density at radius 1 is 1.06 bits per heavy atom. The number of urea groups is 1. The highest BCUT2D eigenvalue weighted by Crippen LogP contribution is 2.37. The molecule has 3 N–H and O–H groups in total. The average Bonchev–Trinajstić information content (AvgIpc) is 2.63. The molecule has 2 rings (SSSR count). The molecule has 0 heterocycles. The second kappa shape index (κ2) is 9.41. The van der Waals surface area contributed by atoms with Crippen LogP contribution in [0.25, 0.3) is 0 Å². The Kier molecular flexibility index (Phi) is 7.64. The van der Waals surface area contributed by atoms with Crippen LogP contribution in [0.5, 0.6) is 0 Å². The van der Waals surface area contributed by atoms with E-state index in [-0.39, 0.29) is 12.0 Å². The molecule has 1 aliphatic carbocycles. The van der Waals surface area contributed by atoms with Gasteiger partial charge in [0.2, 0.25) is 14.9 Å². The quantitative estimate of drug-likeness (QED) is 0.526. The molecule has 2 amide bonds. The van der Waals surface area contributed by atoms with Gasteiger partial charge in [-0.1, -0.05) is 45.0 Å². The van der Waals surface area contributed by atoms with Crippen molar-refractivity contribution in [3.05, 3.63) is 58.8 Å². The number of nitrogens with one attached hydrogen (secondary N) is 3. The summed E-state index contributed by atoms with van der Waals surface area (Å²) < 4.78 is 78.5. The van der Waals surface area contributed by atoms with Gasteiger partial charge in [-0.15, -0.1) is 0 Å². The van der Waals surface area contributed by atoms with Crippen molar-refractivity contribution >= 4 is 25.9 Å². The van der Waals surface area contributed by atoms with Gasteiger partial charge in [-0.05, 0) is 29.0 Å². The number of sulfonamides is 1. The Balaban J connectivity index is 2.11. The van der Waals surface area contributed by atoms with Gasteiger partial charge in [0, 0.05) is 19.2 Å². The molecule has 0 radical (unpaired) electrons. The Morgan fingerprint density at radius 3 is 2.12 bits per heavy atom. The van der Waals surface area contributed by atoms with E-state index in [0.29, 0.717) is 18.8 Å². The number of sulfone groups is 1. The summed E-state index contributed by atoms with van der Waals surface area (Å²) in [7, 11) is -8.33. The zero-order valence-corrected chi connectivity index (χ0v) is 20.8. The highest BCUT2D eigenvalue weighted by molar-refractivity contribution is 7.92. The molecule has 0 fully saturated rings. The molecule has 0 aromatic heterocycles. The lowest BCUT2D eigenvalue weighted by Gasteiger charge is -2.33. The van der Waals surface area contributed by atoms with Gasteiger partial charge >= 0.3 is 6.03 Å². The topological polar surface area (TPSA) is 121 Å². The molecule has 0 aliphatic heterocycles. The molecule has 184 valence electrons. The number of carbonyl (C=O) groups is 1. The van der Waals surface area contributed by atoms with Gasteiger partial charge in [-0.2, -0.15) is 0 Å². The van der Waals surface area contributed by atoms with Crippen molar-refractivity contribution in [3.8, 4) is 0 Å². The van der Waals surface area contributed by atoms with Crippen molar-refractivity contribution in [2.24, 2.45) is 0 Å². The summed E-state index contributed by atoms with van der Waals surface area (Å²) in [5.74, 6) is -2.64. The van der Waals surface area contributed by atoms with Gasteiger partial charge in [-0.3, -0.25) is 4.72 Å². The maximum Gasteiger partial charge on any atom is 0.316 e. The number of amides is 2. The van der Waals surface area contributed by atoms with Crippen molar-refractivity contribution in [1.82, 2.24) is 15.4 Å². The fraction of sp³-hybridized carbons (Fsp3) is 0.476. The molecule has 1 aromatic carbocycles. The van der Waals surface area contributed by atoms with E-state index in [1.54, 1.807) is 4.72 Å². The van der Waals surface area contributed by atoms with Gasteiger partial charge < -0.3 is 10.6 Å². The first-order chi connectivity index (χ1) is 14.9. The third-order valence-corrected chi connectivity index (χ3v) is 7.41. The smallest absolute Gasteiger partial charge is 0.316 e. The predicted molar refractivity (Wildman–Crippen MR) is 123 cm³/mol. The van der Waals surface area contributed by atoms with Crippen LogP contribution in [0, 0.1) is 0 Å². The number of hydrogen-bond acceptors (Lipinski definition) is 5. The summed E-state index contributed by atoms with van der Waals surface area (Å²) in [5, 5.41) is 4.47. The fourth-order valence-electron chi connectivity index (χ4n) is 3.23. The lowest BCUT2D eigenvalue weighted by molar-refractivity contribution is 0.232. The lowest BCUT2D eigenvalue weighted by atomic mass is 9.86. The van der Waals surface area contributed by atoms with Crippen LogP contribution in [0.4, 0.5) is 13.6 Å². The number of rotatable bonds is 7. The molecule has 1 atom stereocenters. The first-order valence-electron chi connectivity index (χ1n) is 10.0.